The summed E-state index contributed by atoms with van der Waals surface area (Å²) >= 11 is 1.49. The van der Waals surface area contributed by atoms with Crippen LogP contribution in [-0.4, -0.2) is 22.4 Å². The summed E-state index contributed by atoms with van der Waals surface area (Å²) in [6, 6.07) is 6.11. The Morgan fingerprint density at radius 1 is 1.50 bits per heavy atom. The molecule has 1 aromatic rings. The number of thioether (sulfide) groups is 1. The van der Waals surface area contributed by atoms with Crippen molar-refractivity contribution in [1.29, 1.82) is 0 Å². The van der Waals surface area contributed by atoms with Crippen LogP contribution in [0.1, 0.15) is 18.1 Å². The number of aliphatic carboxylic acids is 1. The zero-order valence-corrected chi connectivity index (χ0v) is 10.6. The van der Waals surface area contributed by atoms with Gasteiger partial charge in [0.05, 0.1) is 0 Å². The molecule has 1 rings (SSSR count). The van der Waals surface area contributed by atoms with Crippen molar-refractivity contribution in [3.8, 4) is 0 Å². The Kier molecular flexibility index (Phi) is 3.99. The zero-order valence-electron chi connectivity index (χ0n) is 9.78. The molecule has 0 fully saturated rings. The van der Waals surface area contributed by atoms with Crippen molar-refractivity contribution in [1.82, 2.24) is 0 Å². The number of nitrogens with two attached hydrogens (primary N) is 1. The molecular weight excluding hydrogens is 222 g/mol. The molecule has 0 aliphatic carbocycles. The summed E-state index contributed by atoms with van der Waals surface area (Å²) in [4.78, 5) is 11.9. The summed E-state index contributed by atoms with van der Waals surface area (Å²) in [6.07, 6.45) is 0. The molecular formula is C12H17NO2S. The topological polar surface area (TPSA) is 63.3 Å². The van der Waals surface area contributed by atoms with Gasteiger partial charge in [-0.05, 0) is 32.4 Å². The highest BCUT2D eigenvalue weighted by atomic mass is 32.2. The third-order valence-electron chi connectivity index (χ3n) is 2.35. The predicted molar refractivity (Wildman–Crippen MR) is 66.9 cm³/mol. The van der Waals surface area contributed by atoms with Gasteiger partial charge < -0.3 is 10.8 Å². The van der Waals surface area contributed by atoms with Crippen LogP contribution in [0.15, 0.2) is 23.1 Å². The molecule has 0 spiro atoms. The molecule has 0 bridgehead atoms. The van der Waals surface area contributed by atoms with E-state index in [0.717, 1.165) is 10.5 Å². The lowest BCUT2D eigenvalue weighted by Crippen LogP contribution is -2.47. The van der Waals surface area contributed by atoms with E-state index in [1.807, 2.05) is 26.0 Å². The predicted octanol–water partition coefficient (Wildman–Crippen LogP) is 2.20. The Morgan fingerprint density at radius 3 is 2.62 bits per heavy atom. The summed E-state index contributed by atoms with van der Waals surface area (Å²) in [5, 5.41) is 8.89. The van der Waals surface area contributed by atoms with E-state index in [1.165, 1.54) is 24.2 Å². The van der Waals surface area contributed by atoms with Gasteiger partial charge in [-0.2, -0.15) is 0 Å². The number of hydrogen-bond donors (Lipinski definition) is 2. The standard InChI is InChI=1S/C12H17NO2S/c1-8-4-5-10(9(2)6-8)16-7-12(3,13)11(14)15/h4-6H,7,13H2,1-3H3,(H,14,15). The average Bonchev–Trinajstić information content (AvgIpc) is 2.16. The molecule has 1 atom stereocenters. The summed E-state index contributed by atoms with van der Waals surface area (Å²) in [5.74, 6) is -0.601. The van der Waals surface area contributed by atoms with Gasteiger partial charge in [0.25, 0.3) is 0 Å². The van der Waals surface area contributed by atoms with E-state index in [2.05, 4.69) is 6.07 Å². The molecule has 0 aliphatic heterocycles. The first-order chi connectivity index (χ1) is 7.33. The van der Waals surface area contributed by atoms with Crippen molar-refractivity contribution in [3.05, 3.63) is 29.3 Å². The van der Waals surface area contributed by atoms with Crippen molar-refractivity contribution in [2.75, 3.05) is 5.75 Å². The molecule has 1 aromatic carbocycles. The number of carboxylic acid groups (broad SMARTS) is 1. The molecule has 4 heteroatoms. The van der Waals surface area contributed by atoms with Crippen LogP contribution in [0, 0.1) is 13.8 Å². The van der Waals surface area contributed by atoms with Crippen molar-refractivity contribution in [2.45, 2.75) is 31.2 Å². The first-order valence-corrected chi connectivity index (χ1v) is 6.04. The number of rotatable bonds is 4. The molecule has 1 unspecified atom stereocenters. The summed E-state index contributed by atoms with van der Waals surface area (Å²) in [6.45, 7) is 5.58. The van der Waals surface area contributed by atoms with Crippen molar-refractivity contribution >= 4 is 17.7 Å². The minimum absolute atomic E-state index is 0.367. The Labute approximate surface area is 100 Å². The molecule has 0 saturated carbocycles. The van der Waals surface area contributed by atoms with Crippen LogP contribution in [0.4, 0.5) is 0 Å². The van der Waals surface area contributed by atoms with Crippen LogP contribution >= 0.6 is 11.8 Å². The van der Waals surface area contributed by atoms with Crippen LogP contribution in [0.2, 0.25) is 0 Å². The fraction of sp³-hybridized carbons (Fsp3) is 0.417. The Morgan fingerprint density at radius 2 is 2.12 bits per heavy atom. The number of carbonyl (C=O) groups is 1. The second kappa shape index (κ2) is 4.89. The summed E-state index contributed by atoms with van der Waals surface area (Å²) in [5.41, 5.74) is 6.85. The molecule has 0 heterocycles. The second-order valence-corrected chi connectivity index (χ2v) is 5.30. The fourth-order valence-corrected chi connectivity index (χ4v) is 2.28. The van der Waals surface area contributed by atoms with Crippen molar-refractivity contribution in [2.24, 2.45) is 5.73 Å². The third kappa shape index (κ3) is 3.25. The molecule has 88 valence electrons. The fourth-order valence-electron chi connectivity index (χ4n) is 1.25. The van der Waals surface area contributed by atoms with E-state index in [4.69, 9.17) is 10.8 Å². The molecule has 0 aromatic heterocycles. The van der Waals surface area contributed by atoms with Crippen LogP contribution in [-0.2, 0) is 4.79 Å². The number of hydrogen-bond acceptors (Lipinski definition) is 3. The van der Waals surface area contributed by atoms with Gasteiger partial charge in [-0.25, -0.2) is 0 Å². The highest BCUT2D eigenvalue weighted by Gasteiger charge is 2.27. The molecule has 0 aliphatic rings. The van der Waals surface area contributed by atoms with E-state index < -0.39 is 11.5 Å². The lowest BCUT2D eigenvalue weighted by molar-refractivity contribution is -0.141. The Bertz CT molecular complexity index is 402. The van der Waals surface area contributed by atoms with Gasteiger partial charge in [0, 0.05) is 10.6 Å². The molecule has 3 nitrogen and oxygen atoms in total. The SMILES string of the molecule is Cc1ccc(SCC(C)(N)C(=O)O)c(C)c1. The molecule has 3 N–H and O–H groups in total. The number of aryl methyl sites for hydroxylation is 2. The summed E-state index contributed by atoms with van der Waals surface area (Å²) < 4.78 is 0. The van der Waals surface area contributed by atoms with Gasteiger partial charge in [0.15, 0.2) is 0 Å². The first-order valence-electron chi connectivity index (χ1n) is 5.05. The maximum atomic E-state index is 10.8. The lowest BCUT2D eigenvalue weighted by atomic mass is 10.1. The van der Waals surface area contributed by atoms with E-state index in [1.54, 1.807) is 0 Å². The van der Waals surface area contributed by atoms with Crippen LogP contribution in [0.5, 0.6) is 0 Å². The third-order valence-corrected chi connectivity index (χ3v) is 3.86. The average molecular weight is 239 g/mol. The molecule has 0 saturated heterocycles. The Hall–Kier alpha value is -1.00. The van der Waals surface area contributed by atoms with Gasteiger partial charge in [0.2, 0.25) is 0 Å². The van der Waals surface area contributed by atoms with Crippen LogP contribution < -0.4 is 5.73 Å². The second-order valence-electron chi connectivity index (χ2n) is 4.28. The van der Waals surface area contributed by atoms with E-state index >= 15 is 0 Å². The monoisotopic (exact) mass is 239 g/mol. The minimum Gasteiger partial charge on any atom is -0.480 e. The van der Waals surface area contributed by atoms with E-state index in [-0.39, 0.29) is 0 Å². The van der Waals surface area contributed by atoms with Crippen LogP contribution in [0.25, 0.3) is 0 Å². The summed E-state index contributed by atoms with van der Waals surface area (Å²) in [7, 11) is 0. The lowest BCUT2D eigenvalue weighted by Gasteiger charge is -2.19. The van der Waals surface area contributed by atoms with Crippen LogP contribution in [0.3, 0.4) is 0 Å². The normalized spacial score (nSPS) is 14.5. The van der Waals surface area contributed by atoms with Crippen molar-refractivity contribution < 1.29 is 9.90 Å². The van der Waals surface area contributed by atoms with Gasteiger partial charge in [-0.3, -0.25) is 4.79 Å². The van der Waals surface area contributed by atoms with Gasteiger partial charge in [-0.1, -0.05) is 17.7 Å². The Balaban J connectivity index is 2.72. The quantitative estimate of drug-likeness (QED) is 0.791. The number of carboxylic acids is 1. The van der Waals surface area contributed by atoms with Crippen molar-refractivity contribution in [3.63, 3.8) is 0 Å². The highest BCUT2D eigenvalue weighted by molar-refractivity contribution is 7.99. The maximum absolute atomic E-state index is 10.8. The smallest absolute Gasteiger partial charge is 0.324 e. The van der Waals surface area contributed by atoms with E-state index in [9.17, 15) is 4.79 Å². The van der Waals surface area contributed by atoms with Gasteiger partial charge in [-0.15, -0.1) is 11.8 Å². The molecule has 16 heavy (non-hydrogen) atoms. The maximum Gasteiger partial charge on any atom is 0.324 e. The largest absolute Gasteiger partial charge is 0.480 e. The van der Waals surface area contributed by atoms with E-state index in [0.29, 0.717) is 5.75 Å². The number of benzene rings is 1. The van der Waals surface area contributed by atoms with Gasteiger partial charge in [0.1, 0.15) is 5.54 Å². The molecule has 0 radical (unpaired) electrons. The first kappa shape index (κ1) is 13.1. The highest BCUT2D eigenvalue weighted by Crippen LogP contribution is 2.25. The zero-order chi connectivity index (χ0) is 12.3. The minimum atomic E-state index is -1.18. The molecule has 0 amide bonds. The van der Waals surface area contributed by atoms with Gasteiger partial charge >= 0.3 is 5.97 Å².